The smallest absolute Gasteiger partial charge is 0.258 e. The highest BCUT2D eigenvalue weighted by atomic mass is 16.5. The third-order valence-electron chi connectivity index (χ3n) is 5.12. The predicted octanol–water partition coefficient (Wildman–Crippen LogP) is 3.28. The van der Waals surface area contributed by atoms with Gasteiger partial charge in [0.1, 0.15) is 0 Å². The van der Waals surface area contributed by atoms with Gasteiger partial charge in [-0.3, -0.25) is 9.48 Å². The van der Waals surface area contributed by atoms with E-state index >= 15 is 0 Å². The normalized spacial score (nSPS) is 13.6. The molecule has 146 valence electrons. The molecule has 0 bridgehead atoms. The van der Waals surface area contributed by atoms with Crippen LogP contribution in [0.1, 0.15) is 42.0 Å². The molecule has 0 unspecified atom stereocenters. The molecule has 0 aliphatic heterocycles. The maximum Gasteiger partial charge on any atom is 0.258 e. The number of pyridine rings is 1. The number of carbonyl (C=O) groups is 1. The molecule has 1 N–H and O–H groups in total. The van der Waals surface area contributed by atoms with E-state index in [4.69, 9.17) is 4.74 Å². The monoisotopic (exact) mass is 378 g/mol. The molecule has 1 amide bonds. The number of ether oxygens (including phenoxy) is 1. The van der Waals surface area contributed by atoms with E-state index in [1.54, 1.807) is 0 Å². The Bertz CT molecular complexity index is 977. The first-order valence-corrected chi connectivity index (χ1v) is 9.89. The van der Waals surface area contributed by atoms with E-state index in [9.17, 15) is 4.79 Å². The number of nitrogens with one attached hydrogen (secondary N) is 1. The number of amides is 1. The van der Waals surface area contributed by atoms with E-state index in [1.165, 1.54) is 18.4 Å². The summed E-state index contributed by atoms with van der Waals surface area (Å²) in [5.41, 5.74) is 4.34. The molecule has 0 saturated heterocycles. The number of benzene rings is 1. The van der Waals surface area contributed by atoms with E-state index in [1.807, 2.05) is 42.9 Å². The Morgan fingerprint density at radius 2 is 2.07 bits per heavy atom. The SMILES string of the molecule is Cc1cc(OCC(=O)NCCCc2ccccc2)nc2c1c(C1CC1)nn2C. The summed E-state index contributed by atoms with van der Waals surface area (Å²) in [4.78, 5) is 16.6. The van der Waals surface area contributed by atoms with Gasteiger partial charge in [0.25, 0.3) is 5.91 Å². The van der Waals surface area contributed by atoms with E-state index in [0.717, 1.165) is 35.1 Å². The first-order valence-electron chi connectivity index (χ1n) is 9.89. The summed E-state index contributed by atoms with van der Waals surface area (Å²) in [6.07, 6.45) is 4.25. The molecule has 0 spiro atoms. The molecule has 2 aromatic heterocycles. The van der Waals surface area contributed by atoms with Crippen molar-refractivity contribution in [3.05, 3.63) is 53.2 Å². The van der Waals surface area contributed by atoms with Crippen LogP contribution in [-0.4, -0.2) is 33.8 Å². The molecule has 1 aromatic carbocycles. The molecular formula is C22H26N4O2. The van der Waals surface area contributed by atoms with Gasteiger partial charge in [-0.1, -0.05) is 30.3 Å². The number of nitrogens with zero attached hydrogens (tertiary/aromatic N) is 3. The fourth-order valence-corrected chi connectivity index (χ4v) is 3.51. The predicted molar refractivity (Wildman–Crippen MR) is 108 cm³/mol. The molecule has 0 radical (unpaired) electrons. The zero-order chi connectivity index (χ0) is 19.5. The zero-order valence-corrected chi connectivity index (χ0v) is 16.4. The summed E-state index contributed by atoms with van der Waals surface area (Å²) in [7, 11) is 1.91. The minimum Gasteiger partial charge on any atom is -0.468 e. The fraction of sp³-hybridized carbons (Fsp3) is 0.409. The van der Waals surface area contributed by atoms with Crippen molar-refractivity contribution in [3.8, 4) is 5.88 Å². The molecule has 6 heteroatoms. The topological polar surface area (TPSA) is 69.0 Å². The van der Waals surface area contributed by atoms with Gasteiger partial charge in [-0.05, 0) is 43.7 Å². The summed E-state index contributed by atoms with van der Waals surface area (Å²) in [6.45, 7) is 2.65. The largest absolute Gasteiger partial charge is 0.468 e. The lowest BCUT2D eigenvalue weighted by molar-refractivity contribution is -0.123. The molecular weight excluding hydrogens is 352 g/mol. The van der Waals surface area contributed by atoms with Crippen LogP contribution in [0.2, 0.25) is 0 Å². The molecule has 2 heterocycles. The van der Waals surface area contributed by atoms with Gasteiger partial charge in [0.2, 0.25) is 5.88 Å². The Labute approximate surface area is 164 Å². The summed E-state index contributed by atoms with van der Waals surface area (Å²) >= 11 is 0. The van der Waals surface area contributed by atoms with Crippen molar-refractivity contribution >= 4 is 16.9 Å². The fourth-order valence-electron chi connectivity index (χ4n) is 3.51. The average molecular weight is 378 g/mol. The number of rotatable bonds is 8. The van der Waals surface area contributed by atoms with Gasteiger partial charge in [-0.25, -0.2) is 0 Å². The van der Waals surface area contributed by atoms with Crippen LogP contribution in [0.5, 0.6) is 5.88 Å². The summed E-state index contributed by atoms with van der Waals surface area (Å²) in [6, 6.07) is 12.2. The number of carbonyl (C=O) groups excluding carboxylic acids is 1. The second-order valence-electron chi connectivity index (χ2n) is 7.49. The van der Waals surface area contributed by atoms with Gasteiger partial charge < -0.3 is 10.1 Å². The second kappa shape index (κ2) is 8.00. The van der Waals surface area contributed by atoms with Crippen molar-refractivity contribution in [2.45, 2.75) is 38.5 Å². The molecule has 1 aliphatic carbocycles. The van der Waals surface area contributed by atoms with Crippen molar-refractivity contribution in [1.29, 1.82) is 0 Å². The highest BCUT2D eigenvalue weighted by molar-refractivity contribution is 5.84. The summed E-state index contributed by atoms with van der Waals surface area (Å²) in [5, 5.41) is 8.68. The molecule has 6 nitrogen and oxygen atoms in total. The number of aryl methyl sites for hydroxylation is 3. The highest BCUT2D eigenvalue weighted by Crippen LogP contribution is 2.43. The van der Waals surface area contributed by atoms with Gasteiger partial charge in [-0.15, -0.1) is 0 Å². The van der Waals surface area contributed by atoms with Crippen molar-refractivity contribution in [2.75, 3.05) is 13.2 Å². The van der Waals surface area contributed by atoms with Crippen LogP contribution in [0.3, 0.4) is 0 Å². The van der Waals surface area contributed by atoms with Crippen molar-refractivity contribution in [2.24, 2.45) is 7.05 Å². The second-order valence-corrected chi connectivity index (χ2v) is 7.49. The van der Waals surface area contributed by atoms with Gasteiger partial charge in [0.15, 0.2) is 12.3 Å². The van der Waals surface area contributed by atoms with Crippen LogP contribution in [0.15, 0.2) is 36.4 Å². The maximum absolute atomic E-state index is 12.1. The Morgan fingerprint density at radius 3 is 2.82 bits per heavy atom. The van der Waals surface area contributed by atoms with Gasteiger partial charge in [0.05, 0.1) is 5.69 Å². The van der Waals surface area contributed by atoms with E-state index in [2.05, 4.69) is 27.5 Å². The Balaban J connectivity index is 1.30. The van der Waals surface area contributed by atoms with Crippen LogP contribution in [0, 0.1) is 6.92 Å². The molecule has 0 atom stereocenters. The lowest BCUT2D eigenvalue weighted by Gasteiger charge is -2.08. The molecule has 4 rings (SSSR count). The van der Waals surface area contributed by atoms with Gasteiger partial charge in [-0.2, -0.15) is 10.1 Å². The maximum atomic E-state index is 12.1. The lowest BCUT2D eigenvalue weighted by atomic mass is 10.1. The van der Waals surface area contributed by atoms with Crippen LogP contribution in [-0.2, 0) is 18.3 Å². The van der Waals surface area contributed by atoms with E-state index in [0.29, 0.717) is 18.3 Å². The number of aromatic nitrogens is 3. The molecule has 28 heavy (non-hydrogen) atoms. The van der Waals surface area contributed by atoms with Gasteiger partial charge >= 0.3 is 0 Å². The summed E-state index contributed by atoms with van der Waals surface area (Å²) in [5.74, 6) is 0.906. The average Bonchev–Trinajstić information content (AvgIpc) is 3.49. The molecule has 1 saturated carbocycles. The van der Waals surface area contributed by atoms with E-state index < -0.39 is 0 Å². The number of hydrogen-bond donors (Lipinski definition) is 1. The zero-order valence-electron chi connectivity index (χ0n) is 16.4. The first kappa shape index (κ1) is 18.5. The lowest BCUT2D eigenvalue weighted by Crippen LogP contribution is -2.30. The Morgan fingerprint density at radius 1 is 1.29 bits per heavy atom. The quantitative estimate of drug-likeness (QED) is 0.611. The number of fused-ring (bicyclic) bond motifs is 1. The molecule has 1 fully saturated rings. The van der Waals surface area contributed by atoms with Gasteiger partial charge in [0, 0.05) is 31.0 Å². The Kier molecular flexibility index (Phi) is 5.28. The Hall–Kier alpha value is -2.89. The summed E-state index contributed by atoms with van der Waals surface area (Å²) < 4.78 is 7.46. The van der Waals surface area contributed by atoms with E-state index in [-0.39, 0.29) is 12.5 Å². The van der Waals surface area contributed by atoms with Crippen LogP contribution < -0.4 is 10.1 Å². The minimum absolute atomic E-state index is 0.0311. The van der Waals surface area contributed by atoms with Crippen molar-refractivity contribution < 1.29 is 9.53 Å². The third-order valence-corrected chi connectivity index (χ3v) is 5.12. The van der Waals surface area contributed by atoms with Crippen LogP contribution >= 0.6 is 0 Å². The van der Waals surface area contributed by atoms with Crippen molar-refractivity contribution in [3.63, 3.8) is 0 Å². The van der Waals surface area contributed by atoms with Crippen LogP contribution in [0.25, 0.3) is 11.0 Å². The number of hydrogen-bond acceptors (Lipinski definition) is 4. The molecule has 3 aromatic rings. The first-order chi connectivity index (χ1) is 13.6. The third kappa shape index (κ3) is 4.16. The molecule has 1 aliphatic rings. The van der Waals surface area contributed by atoms with Crippen LogP contribution in [0.4, 0.5) is 0 Å². The van der Waals surface area contributed by atoms with Crippen molar-refractivity contribution in [1.82, 2.24) is 20.1 Å². The minimum atomic E-state index is -0.128. The standard InChI is InChI=1S/C22H26N4O2/c1-15-13-19(24-22-20(15)21(17-10-11-17)25-26(22)2)28-14-18(27)23-12-6-9-16-7-4-3-5-8-16/h3-5,7-8,13,17H,6,9-12,14H2,1-2H3,(H,23,27). The highest BCUT2D eigenvalue weighted by Gasteiger charge is 2.30.